The van der Waals surface area contributed by atoms with E-state index in [1.165, 1.54) is 5.56 Å². The van der Waals surface area contributed by atoms with Crippen molar-refractivity contribution in [3.05, 3.63) is 115 Å². The van der Waals surface area contributed by atoms with Crippen molar-refractivity contribution in [3.8, 4) is 0 Å². The summed E-state index contributed by atoms with van der Waals surface area (Å²) in [6.45, 7) is 10.5. The molecule has 35 heavy (non-hydrogen) atoms. The third-order valence-electron chi connectivity index (χ3n) is 4.73. The van der Waals surface area contributed by atoms with Gasteiger partial charge < -0.3 is 19.3 Å². The normalized spacial score (nSPS) is 16.6. The third kappa shape index (κ3) is 14.3. The summed E-state index contributed by atoms with van der Waals surface area (Å²) in [7, 11) is 0. The highest BCUT2D eigenvalue weighted by Crippen LogP contribution is 2.11. The summed E-state index contributed by atoms with van der Waals surface area (Å²) in [6, 6.07) is 21.9. The molecule has 2 aromatic carbocycles. The average Bonchev–Trinajstić information content (AvgIpc) is 3.86. The molecule has 1 N–H and O–H groups in total. The van der Waals surface area contributed by atoms with E-state index in [4.69, 9.17) is 26.2 Å². The Morgan fingerprint density at radius 3 is 1.69 bits per heavy atom. The molecular formula is C29H34ClNO4. The van der Waals surface area contributed by atoms with Crippen molar-refractivity contribution in [2.24, 2.45) is 0 Å². The van der Waals surface area contributed by atoms with Gasteiger partial charge in [0, 0.05) is 18.3 Å². The van der Waals surface area contributed by atoms with E-state index in [0.717, 1.165) is 29.9 Å². The van der Waals surface area contributed by atoms with Crippen molar-refractivity contribution < 1.29 is 19.3 Å². The molecule has 3 aromatic rings. The van der Waals surface area contributed by atoms with Crippen LogP contribution in [0.3, 0.4) is 0 Å². The maximum Gasteiger partial charge on any atom is 0.104 e. The minimum atomic E-state index is 0.190. The minimum Gasteiger partial charge on any atom is -0.394 e. The van der Waals surface area contributed by atoms with E-state index in [-0.39, 0.29) is 12.7 Å². The number of benzene rings is 2. The highest BCUT2D eigenvalue weighted by Gasteiger charge is 2.22. The number of pyridine rings is 1. The summed E-state index contributed by atoms with van der Waals surface area (Å²) in [6.07, 6.45) is 7.69. The first-order valence-corrected chi connectivity index (χ1v) is 12.0. The maximum atomic E-state index is 8.08. The van der Waals surface area contributed by atoms with Crippen LogP contribution in [0.1, 0.15) is 22.3 Å². The zero-order chi connectivity index (χ0) is 25.1. The van der Waals surface area contributed by atoms with Gasteiger partial charge in [0.1, 0.15) is 12.2 Å². The van der Waals surface area contributed by atoms with Gasteiger partial charge in [0.25, 0.3) is 0 Å². The summed E-state index contributed by atoms with van der Waals surface area (Å²) >= 11 is 5.60. The van der Waals surface area contributed by atoms with Crippen LogP contribution in [0.25, 0.3) is 12.2 Å². The van der Waals surface area contributed by atoms with E-state index in [1.54, 1.807) is 12.4 Å². The fourth-order valence-corrected chi connectivity index (χ4v) is 2.63. The monoisotopic (exact) mass is 495 g/mol. The van der Waals surface area contributed by atoms with Gasteiger partial charge in [0.2, 0.25) is 0 Å². The van der Waals surface area contributed by atoms with E-state index in [9.17, 15) is 0 Å². The van der Waals surface area contributed by atoms with Crippen molar-refractivity contribution in [3.63, 3.8) is 0 Å². The maximum absolute atomic E-state index is 8.08. The van der Waals surface area contributed by atoms with E-state index in [2.05, 4.69) is 35.0 Å². The zero-order valence-corrected chi connectivity index (χ0v) is 20.7. The molecule has 0 saturated carbocycles. The summed E-state index contributed by atoms with van der Waals surface area (Å²) in [4.78, 5) is 3.78. The molecule has 186 valence electrons. The number of ether oxygens (including phenoxy) is 3. The van der Waals surface area contributed by atoms with Crippen LogP contribution in [0.15, 0.2) is 92.3 Å². The van der Waals surface area contributed by atoms with Gasteiger partial charge in [-0.25, -0.2) is 0 Å². The SMILES string of the molecule is C=Cc1ccc(CCl)cc1.C=Cc1ccc(COCC2CO2)cc1.OCC1CO1.c1ccncc1. The number of hydrogen-bond donors (Lipinski definition) is 1. The van der Waals surface area contributed by atoms with Crippen molar-refractivity contribution in [1.29, 1.82) is 0 Å². The summed E-state index contributed by atoms with van der Waals surface area (Å²) in [5, 5.41) is 8.08. The second-order valence-electron chi connectivity index (χ2n) is 7.66. The van der Waals surface area contributed by atoms with Crippen LogP contribution < -0.4 is 0 Å². The quantitative estimate of drug-likeness (QED) is 0.317. The number of aromatic nitrogens is 1. The van der Waals surface area contributed by atoms with Crippen molar-refractivity contribution in [2.45, 2.75) is 24.7 Å². The molecule has 0 aliphatic carbocycles. The molecule has 1 aromatic heterocycles. The Balaban J connectivity index is 0.000000179. The minimum absolute atomic E-state index is 0.190. The van der Waals surface area contributed by atoms with Crippen LogP contribution in [0.4, 0.5) is 0 Å². The second-order valence-corrected chi connectivity index (χ2v) is 7.93. The van der Waals surface area contributed by atoms with Gasteiger partial charge in [0.05, 0.1) is 33.0 Å². The van der Waals surface area contributed by atoms with Crippen LogP contribution in [0.2, 0.25) is 0 Å². The number of nitrogens with zero attached hydrogens (tertiary/aromatic N) is 1. The Hall–Kier alpha value is -2.80. The van der Waals surface area contributed by atoms with Crippen LogP contribution in [0, 0.1) is 0 Å². The number of alkyl halides is 1. The predicted octanol–water partition coefficient (Wildman–Crippen LogP) is 5.77. The Morgan fingerprint density at radius 1 is 0.857 bits per heavy atom. The zero-order valence-electron chi connectivity index (χ0n) is 20.0. The molecule has 2 aliphatic heterocycles. The molecule has 0 radical (unpaired) electrons. The Labute approximate surface area is 213 Å². The fraction of sp³-hybridized carbons (Fsp3) is 0.276. The standard InChI is InChI=1S/C12H14O2.C9H9Cl.C5H5N.C3H6O2/c1-2-10-3-5-11(6-4-10)7-13-8-12-9-14-12;1-2-8-3-5-9(7-10)6-4-8;1-2-4-6-5-3-1;4-1-3-2-5-3/h2-6,12H,1,7-9H2;2-6H,1,7H2;1-5H;3-4H,1-2H2. The molecule has 2 aliphatic rings. The molecule has 3 heterocycles. The van der Waals surface area contributed by atoms with E-state index >= 15 is 0 Å². The van der Waals surface area contributed by atoms with E-state index < -0.39 is 0 Å². The van der Waals surface area contributed by atoms with Crippen molar-refractivity contribution in [2.75, 3.05) is 26.4 Å². The lowest BCUT2D eigenvalue weighted by Crippen LogP contribution is -2.01. The number of aliphatic hydroxyl groups is 1. The van der Waals surface area contributed by atoms with Crippen LogP contribution in [-0.2, 0) is 26.7 Å². The Kier molecular flexibility index (Phi) is 14.3. The molecule has 0 amide bonds. The largest absolute Gasteiger partial charge is 0.394 e. The highest BCUT2D eigenvalue weighted by molar-refractivity contribution is 6.17. The molecule has 5 nitrogen and oxygen atoms in total. The number of aliphatic hydroxyl groups excluding tert-OH is 1. The first-order valence-electron chi connectivity index (χ1n) is 11.4. The van der Waals surface area contributed by atoms with Crippen LogP contribution >= 0.6 is 11.6 Å². The van der Waals surface area contributed by atoms with Gasteiger partial charge in [0.15, 0.2) is 0 Å². The number of hydrogen-bond acceptors (Lipinski definition) is 5. The van der Waals surface area contributed by atoms with Gasteiger partial charge >= 0.3 is 0 Å². The molecule has 2 atom stereocenters. The first kappa shape index (κ1) is 28.4. The lowest BCUT2D eigenvalue weighted by Gasteiger charge is -2.02. The van der Waals surface area contributed by atoms with Crippen molar-refractivity contribution in [1.82, 2.24) is 4.98 Å². The molecule has 0 spiro atoms. The number of epoxide rings is 2. The topological polar surface area (TPSA) is 67.4 Å². The molecule has 2 unspecified atom stereocenters. The smallest absolute Gasteiger partial charge is 0.104 e. The highest BCUT2D eigenvalue weighted by atomic mass is 35.5. The lowest BCUT2D eigenvalue weighted by molar-refractivity contribution is 0.104. The molecule has 2 saturated heterocycles. The molecule has 6 heteroatoms. The Bertz CT molecular complexity index is 914. The van der Waals surface area contributed by atoms with E-state index in [0.29, 0.717) is 25.2 Å². The number of halogens is 1. The Morgan fingerprint density at radius 2 is 1.37 bits per heavy atom. The molecule has 5 rings (SSSR count). The summed E-state index contributed by atoms with van der Waals surface area (Å²) < 4.78 is 15.1. The summed E-state index contributed by atoms with van der Waals surface area (Å²) in [5.41, 5.74) is 4.61. The second kappa shape index (κ2) is 17.6. The lowest BCUT2D eigenvalue weighted by atomic mass is 10.1. The van der Waals surface area contributed by atoms with Gasteiger partial charge in [-0.3, -0.25) is 4.98 Å². The van der Waals surface area contributed by atoms with Gasteiger partial charge in [-0.05, 0) is 34.4 Å². The third-order valence-corrected chi connectivity index (χ3v) is 5.04. The first-order chi connectivity index (χ1) is 17.2. The van der Waals surface area contributed by atoms with Gasteiger partial charge in [-0.15, -0.1) is 11.6 Å². The molecule has 0 bridgehead atoms. The van der Waals surface area contributed by atoms with Gasteiger partial charge in [-0.1, -0.05) is 79.9 Å². The van der Waals surface area contributed by atoms with Crippen LogP contribution in [0.5, 0.6) is 0 Å². The van der Waals surface area contributed by atoms with E-state index in [1.807, 2.05) is 66.7 Å². The average molecular weight is 496 g/mol. The number of rotatable bonds is 8. The molecular weight excluding hydrogens is 462 g/mol. The van der Waals surface area contributed by atoms with Crippen LogP contribution in [-0.4, -0.2) is 48.7 Å². The van der Waals surface area contributed by atoms with Gasteiger partial charge in [-0.2, -0.15) is 0 Å². The molecule has 2 fully saturated rings. The predicted molar refractivity (Wildman–Crippen MR) is 143 cm³/mol. The fourth-order valence-electron chi connectivity index (χ4n) is 2.45. The van der Waals surface area contributed by atoms with Crippen molar-refractivity contribution >= 4 is 23.8 Å². The summed E-state index contributed by atoms with van der Waals surface area (Å²) in [5.74, 6) is 0.581.